The molecule has 1 aromatic heterocycles. The number of aromatic nitrogens is 2. The van der Waals surface area contributed by atoms with Gasteiger partial charge in [0.25, 0.3) is 5.56 Å². The lowest BCUT2D eigenvalue weighted by Gasteiger charge is -2.12. The third kappa shape index (κ3) is 5.00. The van der Waals surface area contributed by atoms with Gasteiger partial charge in [0.05, 0.1) is 16.8 Å². The third-order valence-electron chi connectivity index (χ3n) is 4.36. The molecule has 29 heavy (non-hydrogen) atoms. The van der Waals surface area contributed by atoms with Crippen LogP contribution in [0.5, 0.6) is 0 Å². The molecule has 5 heteroatoms. The van der Waals surface area contributed by atoms with Crippen molar-refractivity contribution in [3.8, 4) is 5.69 Å². The number of nitrogens with zero attached hydrogens (tertiary/aromatic N) is 2. The molecule has 0 N–H and O–H groups in total. The first kappa shape index (κ1) is 19.6. The van der Waals surface area contributed by atoms with E-state index in [0.717, 1.165) is 27.0 Å². The summed E-state index contributed by atoms with van der Waals surface area (Å²) in [5, 5.41) is 4.45. The highest BCUT2D eigenvalue weighted by atomic mass is 32.2. The average molecular weight is 417 g/mol. The Morgan fingerprint density at radius 1 is 0.690 bits per heavy atom. The monoisotopic (exact) mass is 416 g/mol. The molecule has 3 nitrogen and oxygen atoms in total. The highest BCUT2D eigenvalue weighted by Gasteiger charge is 2.14. The van der Waals surface area contributed by atoms with Gasteiger partial charge in [-0.05, 0) is 23.3 Å². The standard InChI is InChI=1S/C24H20N2OS2/c27-24-23(29-18-20-12-6-2-7-13-20)22(28-17-19-10-4-1-5-11-19)16-25-26(24)21-14-8-3-9-15-21/h1-16H,17-18H2. The smallest absolute Gasteiger partial charge is 0.266 e. The number of benzene rings is 3. The van der Waals surface area contributed by atoms with E-state index >= 15 is 0 Å². The molecule has 0 radical (unpaired) electrons. The molecule has 144 valence electrons. The van der Waals surface area contributed by atoms with Crippen LogP contribution < -0.4 is 5.56 Å². The maximum absolute atomic E-state index is 13.3. The van der Waals surface area contributed by atoms with E-state index in [1.165, 1.54) is 15.8 Å². The van der Waals surface area contributed by atoms with Crippen LogP contribution in [0.4, 0.5) is 0 Å². The van der Waals surface area contributed by atoms with Crippen LogP contribution in [-0.4, -0.2) is 9.78 Å². The summed E-state index contributed by atoms with van der Waals surface area (Å²) in [6, 6.07) is 30.1. The van der Waals surface area contributed by atoms with Gasteiger partial charge in [-0.3, -0.25) is 4.79 Å². The van der Waals surface area contributed by atoms with E-state index in [1.807, 2.05) is 72.9 Å². The molecule has 4 aromatic rings. The van der Waals surface area contributed by atoms with Crippen molar-refractivity contribution in [3.05, 3.63) is 119 Å². The highest BCUT2D eigenvalue weighted by molar-refractivity contribution is 8.01. The topological polar surface area (TPSA) is 34.9 Å². The van der Waals surface area contributed by atoms with E-state index in [-0.39, 0.29) is 5.56 Å². The summed E-state index contributed by atoms with van der Waals surface area (Å²) in [6.45, 7) is 0. The van der Waals surface area contributed by atoms with Crippen molar-refractivity contribution in [2.45, 2.75) is 21.3 Å². The summed E-state index contributed by atoms with van der Waals surface area (Å²) in [5.74, 6) is 1.55. The largest absolute Gasteiger partial charge is 0.286 e. The minimum Gasteiger partial charge on any atom is -0.266 e. The van der Waals surface area contributed by atoms with Crippen molar-refractivity contribution < 1.29 is 0 Å². The molecule has 0 saturated heterocycles. The minimum absolute atomic E-state index is 0.0739. The Balaban J connectivity index is 1.65. The number of para-hydroxylation sites is 1. The van der Waals surface area contributed by atoms with Gasteiger partial charge in [-0.1, -0.05) is 78.9 Å². The van der Waals surface area contributed by atoms with Crippen molar-refractivity contribution >= 4 is 23.5 Å². The number of rotatable bonds is 7. The predicted octanol–water partition coefficient (Wildman–Crippen LogP) is 5.82. The molecule has 0 unspecified atom stereocenters. The van der Waals surface area contributed by atoms with Crippen LogP contribution in [0.15, 0.2) is 112 Å². The molecule has 1 heterocycles. The fourth-order valence-corrected chi connectivity index (χ4v) is 4.99. The van der Waals surface area contributed by atoms with Crippen molar-refractivity contribution in [1.82, 2.24) is 9.78 Å². The van der Waals surface area contributed by atoms with Crippen LogP contribution in [0.1, 0.15) is 11.1 Å². The first-order valence-corrected chi connectivity index (χ1v) is 11.3. The molecular weight excluding hydrogens is 396 g/mol. The van der Waals surface area contributed by atoms with Crippen LogP contribution in [0, 0.1) is 0 Å². The van der Waals surface area contributed by atoms with Crippen molar-refractivity contribution in [3.63, 3.8) is 0 Å². The summed E-state index contributed by atoms with van der Waals surface area (Å²) in [7, 11) is 0. The first-order chi connectivity index (χ1) is 14.3. The molecule has 0 saturated carbocycles. The number of hydrogen-bond acceptors (Lipinski definition) is 4. The zero-order valence-corrected chi connectivity index (χ0v) is 17.4. The summed E-state index contributed by atoms with van der Waals surface area (Å²) < 4.78 is 1.49. The van der Waals surface area contributed by atoms with Gasteiger partial charge in [-0.15, -0.1) is 23.5 Å². The second kappa shape index (κ2) is 9.63. The lowest BCUT2D eigenvalue weighted by Crippen LogP contribution is -2.23. The Bertz CT molecular complexity index is 1110. The maximum atomic E-state index is 13.3. The summed E-state index contributed by atoms with van der Waals surface area (Å²) in [4.78, 5) is 15.0. The van der Waals surface area contributed by atoms with Crippen molar-refractivity contribution in [2.75, 3.05) is 0 Å². The summed E-state index contributed by atoms with van der Waals surface area (Å²) in [6.07, 6.45) is 1.81. The van der Waals surface area contributed by atoms with E-state index in [1.54, 1.807) is 23.5 Å². The van der Waals surface area contributed by atoms with E-state index in [9.17, 15) is 4.79 Å². The molecule has 0 aliphatic rings. The Kier molecular flexibility index (Phi) is 6.49. The fraction of sp³-hybridized carbons (Fsp3) is 0.0833. The average Bonchev–Trinajstić information content (AvgIpc) is 2.79. The van der Waals surface area contributed by atoms with Gasteiger partial charge in [0.15, 0.2) is 0 Å². The van der Waals surface area contributed by atoms with Crippen LogP contribution in [0.2, 0.25) is 0 Å². The zero-order chi connectivity index (χ0) is 19.9. The normalized spacial score (nSPS) is 10.8. The van der Waals surface area contributed by atoms with Gasteiger partial charge in [-0.2, -0.15) is 9.78 Å². The van der Waals surface area contributed by atoms with Gasteiger partial charge in [0.2, 0.25) is 0 Å². The van der Waals surface area contributed by atoms with E-state index in [2.05, 4.69) is 29.4 Å². The molecule has 0 bridgehead atoms. The van der Waals surface area contributed by atoms with Gasteiger partial charge < -0.3 is 0 Å². The van der Waals surface area contributed by atoms with Gasteiger partial charge in [-0.25, -0.2) is 0 Å². The Labute approximate surface area is 178 Å². The molecule has 3 aromatic carbocycles. The Morgan fingerprint density at radius 3 is 1.79 bits per heavy atom. The molecule has 0 atom stereocenters. The zero-order valence-electron chi connectivity index (χ0n) is 15.8. The molecule has 0 aliphatic heterocycles. The van der Waals surface area contributed by atoms with E-state index < -0.39 is 0 Å². The molecule has 0 fully saturated rings. The van der Waals surface area contributed by atoms with Gasteiger partial charge >= 0.3 is 0 Å². The second-order valence-corrected chi connectivity index (χ2v) is 8.44. The lowest BCUT2D eigenvalue weighted by atomic mass is 10.2. The molecular formula is C24H20N2OS2. The van der Waals surface area contributed by atoms with Crippen LogP contribution in [0.3, 0.4) is 0 Å². The molecule has 0 amide bonds. The van der Waals surface area contributed by atoms with Gasteiger partial charge in [0, 0.05) is 16.4 Å². The molecule has 0 spiro atoms. The van der Waals surface area contributed by atoms with Crippen LogP contribution in [0.25, 0.3) is 5.69 Å². The predicted molar refractivity (Wildman–Crippen MR) is 122 cm³/mol. The first-order valence-electron chi connectivity index (χ1n) is 9.32. The van der Waals surface area contributed by atoms with Gasteiger partial charge in [0.1, 0.15) is 0 Å². The summed E-state index contributed by atoms with van der Waals surface area (Å²) in [5.41, 5.74) is 3.12. The van der Waals surface area contributed by atoms with Crippen molar-refractivity contribution in [1.29, 1.82) is 0 Å². The SMILES string of the molecule is O=c1c(SCc2ccccc2)c(SCc2ccccc2)cnn1-c1ccccc1. The molecule has 4 rings (SSSR count). The quantitative estimate of drug-likeness (QED) is 0.356. The molecule has 0 aliphatic carbocycles. The Hall–Kier alpha value is -2.76. The van der Waals surface area contributed by atoms with Crippen LogP contribution in [-0.2, 0) is 11.5 Å². The van der Waals surface area contributed by atoms with Crippen molar-refractivity contribution in [2.24, 2.45) is 0 Å². The maximum Gasteiger partial charge on any atom is 0.286 e. The Morgan fingerprint density at radius 2 is 1.21 bits per heavy atom. The number of hydrogen-bond donors (Lipinski definition) is 0. The van der Waals surface area contributed by atoms with E-state index in [0.29, 0.717) is 0 Å². The van der Waals surface area contributed by atoms with E-state index in [4.69, 9.17) is 0 Å². The second-order valence-electron chi connectivity index (χ2n) is 6.44. The highest BCUT2D eigenvalue weighted by Crippen LogP contribution is 2.32. The third-order valence-corrected chi connectivity index (χ3v) is 6.75. The lowest BCUT2D eigenvalue weighted by molar-refractivity contribution is 0.756. The fourth-order valence-electron chi connectivity index (χ4n) is 2.88. The summed E-state index contributed by atoms with van der Waals surface area (Å²) >= 11 is 3.23. The van der Waals surface area contributed by atoms with Crippen LogP contribution >= 0.6 is 23.5 Å². The minimum atomic E-state index is -0.0739. The number of thioether (sulfide) groups is 2.